The summed E-state index contributed by atoms with van der Waals surface area (Å²) >= 11 is 0. The maximum absolute atomic E-state index is 12.5. The lowest BCUT2D eigenvalue weighted by molar-refractivity contribution is -0.205. The molecule has 1 aromatic carbocycles. The maximum Gasteiger partial charge on any atom is 0.490 e. The number of hydrogen-bond donors (Lipinski definition) is 1. The molecule has 1 rings (SSSR count). The Morgan fingerprint density at radius 2 is 1.64 bits per heavy atom. The third-order valence-electron chi connectivity index (χ3n) is 3.22. The van der Waals surface area contributed by atoms with Gasteiger partial charge in [-0.05, 0) is 5.92 Å². The van der Waals surface area contributed by atoms with Gasteiger partial charge in [-0.3, -0.25) is 4.79 Å². The highest BCUT2D eigenvalue weighted by atomic mass is 19.4. The quantitative estimate of drug-likeness (QED) is 0.785. The van der Waals surface area contributed by atoms with Crippen LogP contribution in [0.5, 0.6) is 0 Å². The molecule has 2 atom stereocenters. The van der Waals surface area contributed by atoms with Crippen molar-refractivity contribution in [2.24, 2.45) is 5.92 Å². The molecule has 0 aliphatic carbocycles. The van der Waals surface area contributed by atoms with Crippen LogP contribution in [0.2, 0.25) is 0 Å². The van der Waals surface area contributed by atoms with Gasteiger partial charge in [0, 0.05) is 5.56 Å². The van der Waals surface area contributed by atoms with E-state index in [1.165, 1.54) is 24.3 Å². The molecule has 1 aromatic rings. The number of halogens is 3. The number of esters is 2. The second kappa shape index (κ2) is 8.50. The van der Waals surface area contributed by atoms with Crippen molar-refractivity contribution in [2.75, 3.05) is 7.11 Å². The van der Waals surface area contributed by atoms with E-state index in [1.807, 2.05) is 0 Å². The molecular formula is C16H18F3NO5. The van der Waals surface area contributed by atoms with Gasteiger partial charge in [-0.1, -0.05) is 44.2 Å². The minimum atomic E-state index is -5.26. The standard InChI is InChI=1S/C16H18F3NO5/c1-9(2)11(14(22)24-3)20-13(21)12(10-7-5-4-6-8-10)25-15(23)16(17,18)19/h4-9,11-12H,1-3H3,(H,20,21)/t11-,12+/m0/s1. The summed E-state index contributed by atoms with van der Waals surface area (Å²) in [6.45, 7) is 3.22. The molecular weight excluding hydrogens is 343 g/mol. The predicted molar refractivity (Wildman–Crippen MR) is 80.1 cm³/mol. The third kappa shape index (κ3) is 5.77. The topological polar surface area (TPSA) is 81.7 Å². The monoisotopic (exact) mass is 361 g/mol. The zero-order chi connectivity index (χ0) is 19.2. The van der Waals surface area contributed by atoms with Crippen LogP contribution in [-0.4, -0.2) is 37.2 Å². The lowest BCUT2D eigenvalue weighted by atomic mass is 10.0. The molecule has 0 radical (unpaired) electrons. The lowest BCUT2D eigenvalue weighted by Crippen LogP contribution is -2.47. The van der Waals surface area contributed by atoms with Gasteiger partial charge in [-0.25, -0.2) is 9.59 Å². The summed E-state index contributed by atoms with van der Waals surface area (Å²) in [6.07, 6.45) is -7.12. The number of ether oxygens (including phenoxy) is 2. The third-order valence-corrected chi connectivity index (χ3v) is 3.22. The summed E-state index contributed by atoms with van der Waals surface area (Å²) in [7, 11) is 1.11. The molecule has 6 nitrogen and oxygen atoms in total. The van der Waals surface area contributed by atoms with Gasteiger partial charge in [0.15, 0.2) is 0 Å². The molecule has 0 aromatic heterocycles. The summed E-state index contributed by atoms with van der Waals surface area (Å²) in [5, 5.41) is 2.26. The first-order valence-electron chi connectivity index (χ1n) is 7.28. The predicted octanol–water partition coefficient (Wildman–Crippen LogP) is 2.15. The normalized spacial score (nSPS) is 13.7. The fraction of sp³-hybridized carbons (Fsp3) is 0.438. The molecule has 138 valence electrons. The van der Waals surface area contributed by atoms with Gasteiger partial charge in [0.2, 0.25) is 6.10 Å². The van der Waals surface area contributed by atoms with Crippen molar-refractivity contribution in [3.63, 3.8) is 0 Å². The van der Waals surface area contributed by atoms with Crippen LogP contribution in [0.3, 0.4) is 0 Å². The molecule has 25 heavy (non-hydrogen) atoms. The first kappa shape index (κ1) is 20.5. The molecule has 0 aliphatic rings. The number of rotatable bonds is 6. The summed E-state index contributed by atoms with van der Waals surface area (Å²) in [6, 6.07) is 6.07. The number of benzene rings is 1. The van der Waals surface area contributed by atoms with Crippen LogP contribution in [0, 0.1) is 5.92 Å². The molecule has 0 saturated carbocycles. The Balaban J connectivity index is 3.08. The van der Waals surface area contributed by atoms with Crippen LogP contribution < -0.4 is 5.32 Å². The fourth-order valence-electron chi connectivity index (χ4n) is 1.93. The molecule has 1 N–H and O–H groups in total. The average molecular weight is 361 g/mol. The Labute approximate surface area is 142 Å². The number of amides is 1. The first-order chi connectivity index (χ1) is 11.6. The van der Waals surface area contributed by atoms with Gasteiger partial charge in [-0.2, -0.15) is 13.2 Å². The van der Waals surface area contributed by atoms with Gasteiger partial charge in [0.1, 0.15) is 6.04 Å². The summed E-state index contributed by atoms with van der Waals surface area (Å²) in [5.74, 6) is -4.73. The van der Waals surface area contributed by atoms with Crippen LogP contribution in [0.15, 0.2) is 30.3 Å². The Morgan fingerprint density at radius 1 is 1.08 bits per heavy atom. The minimum absolute atomic E-state index is 0.0324. The van der Waals surface area contributed by atoms with E-state index in [2.05, 4.69) is 14.8 Å². The zero-order valence-corrected chi connectivity index (χ0v) is 13.8. The number of hydrogen-bond acceptors (Lipinski definition) is 5. The SMILES string of the molecule is COC(=O)[C@@H](NC(=O)[C@H](OC(=O)C(F)(F)F)c1ccccc1)C(C)C. The Hall–Kier alpha value is -2.58. The van der Waals surface area contributed by atoms with Crippen molar-refractivity contribution in [1.29, 1.82) is 0 Å². The van der Waals surface area contributed by atoms with E-state index in [0.29, 0.717) is 0 Å². The first-order valence-corrected chi connectivity index (χ1v) is 7.28. The van der Waals surface area contributed by atoms with E-state index in [0.717, 1.165) is 7.11 Å². The second-order valence-electron chi connectivity index (χ2n) is 5.45. The van der Waals surface area contributed by atoms with Gasteiger partial charge < -0.3 is 14.8 Å². The van der Waals surface area contributed by atoms with Crippen molar-refractivity contribution in [2.45, 2.75) is 32.2 Å². The van der Waals surface area contributed by atoms with E-state index in [1.54, 1.807) is 19.9 Å². The highest BCUT2D eigenvalue weighted by Crippen LogP contribution is 2.24. The number of carbonyl (C=O) groups excluding carboxylic acids is 3. The van der Waals surface area contributed by atoms with Crippen molar-refractivity contribution in [1.82, 2.24) is 5.32 Å². The van der Waals surface area contributed by atoms with Gasteiger partial charge in [-0.15, -0.1) is 0 Å². The average Bonchev–Trinajstić information content (AvgIpc) is 2.55. The Kier molecular flexibility index (Phi) is 6.96. The number of carbonyl (C=O) groups is 3. The van der Waals surface area contributed by atoms with Crippen molar-refractivity contribution < 1.29 is 37.0 Å². The fourth-order valence-corrected chi connectivity index (χ4v) is 1.93. The second-order valence-corrected chi connectivity index (χ2v) is 5.45. The molecule has 0 spiro atoms. The van der Waals surface area contributed by atoms with E-state index >= 15 is 0 Å². The van der Waals surface area contributed by atoms with Crippen LogP contribution in [0.25, 0.3) is 0 Å². The largest absolute Gasteiger partial charge is 0.490 e. The summed E-state index contributed by atoms with van der Waals surface area (Å²) in [4.78, 5) is 35.2. The van der Waals surface area contributed by atoms with Crippen LogP contribution in [0.1, 0.15) is 25.5 Å². The van der Waals surface area contributed by atoms with Gasteiger partial charge in [0.05, 0.1) is 7.11 Å². The zero-order valence-electron chi connectivity index (χ0n) is 13.8. The van der Waals surface area contributed by atoms with Gasteiger partial charge in [0.25, 0.3) is 5.91 Å². The smallest absolute Gasteiger partial charge is 0.467 e. The van der Waals surface area contributed by atoms with Crippen molar-refractivity contribution in [3.8, 4) is 0 Å². The molecule has 0 bridgehead atoms. The molecule has 9 heteroatoms. The Morgan fingerprint density at radius 3 is 2.08 bits per heavy atom. The van der Waals surface area contributed by atoms with Crippen LogP contribution in [-0.2, 0) is 23.9 Å². The minimum Gasteiger partial charge on any atom is -0.467 e. The lowest BCUT2D eigenvalue weighted by Gasteiger charge is -2.24. The van der Waals surface area contributed by atoms with E-state index in [-0.39, 0.29) is 5.56 Å². The highest BCUT2D eigenvalue weighted by molar-refractivity contribution is 5.89. The summed E-state index contributed by atoms with van der Waals surface area (Å²) < 4.78 is 46.3. The van der Waals surface area contributed by atoms with Crippen molar-refractivity contribution >= 4 is 17.8 Å². The van der Waals surface area contributed by atoms with Gasteiger partial charge >= 0.3 is 18.1 Å². The molecule has 0 saturated heterocycles. The number of methoxy groups -OCH3 is 1. The van der Waals surface area contributed by atoms with Crippen molar-refractivity contribution in [3.05, 3.63) is 35.9 Å². The maximum atomic E-state index is 12.5. The molecule has 1 amide bonds. The summed E-state index contributed by atoms with van der Waals surface area (Å²) in [5.41, 5.74) is 0.0324. The highest BCUT2D eigenvalue weighted by Gasteiger charge is 2.44. The molecule has 0 unspecified atom stereocenters. The Bertz CT molecular complexity index is 616. The molecule has 0 fully saturated rings. The number of alkyl halides is 3. The molecule has 0 aliphatic heterocycles. The van der Waals surface area contributed by atoms with E-state index in [9.17, 15) is 27.6 Å². The molecule has 0 heterocycles. The van der Waals surface area contributed by atoms with Crippen LogP contribution in [0.4, 0.5) is 13.2 Å². The number of nitrogens with one attached hydrogen (secondary N) is 1. The van der Waals surface area contributed by atoms with E-state index < -0.39 is 42.1 Å². The van der Waals surface area contributed by atoms with Crippen LogP contribution >= 0.6 is 0 Å². The van der Waals surface area contributed by atoms with E-state index in [4.69, 9.17) is 0 Å².